The van der Waals surface area contributed by atoms with E-state index in [9.17, 15) is 0 Å². The zero-order chi connectivity index (χ0) is 5.98. The summed E-state index contributed by atoms with van der Waals surface area (Å²) in [5.74, 6) is 0. The topological polar surface area (TPSA) is 28.7 Å². The molecule has 0 atom stereocenters. The van der Waals surface area contributed by atoms with Crippen LogP contribution in [0.3, 0.4) is 0 Å². The molecule has 0 spiro atoms. The first-order valence-corrected chi connectivity index (χ1v) is 3.20. The molecule has 0 saturated heterocycles. The van der Waals surface area contributed by atoms with Gasteiger partial charge in [-0.2, -0.15) is 5.10 Å². The highest BCUT2D eigenvalue weighted by Gasteiger charge is 1.80. The number of nitrogens with zero attached hydrogens (tertiary/aromatic N) is 1. The molecule has 0 aliphatic rings. The van der Waals surface area contributed by atoms with E-state index in [2.05, 4.69) is 26.1 Å². The van der Waals surface area contributed by atoms with Crippen LogP contribution < -0.4 is 0 Å². The Hall–Kier alpha value is -0.220. The van der Waals surface area contributed by atoms with Gasteiger partial charge in [0.05, 0.1) is 0 Å². The summed E-state index contributed by atoms with van der Waals surface area (Å²) in [4.78, 5) is 0. The first kappa shape index (κ1) is 5.91. The molecule has 0 aliphatic carbocycles. The van der Waals surface area contributed by atoms with Crippen molar-refractivity contribution in [2.24, 2.45) is 0 Å². The third-order valence-electron chi connectivity index (χ3n) is 0.645. The standard InChI is InChI=1S/C4H3BrN2S/c5-3-1-2-4(8)7-6-3/h1-2H,(H,7,8). The molecule has 0 saturated carbocycles. The molecule has 0 aliphatic heterocycles. The van der Waals surface area contributed by atoms with Gasteiger partial charge < -0.3 is 0 Å². The van der Waals surface area contributed by atoms with Crippen LogP contribution in [0.1, 0.15) is 0 Å². The molecule has 1 N–H and O–H groups in total. The van der Waals surface area contributed by atoms with E-state index in [4.69, 9.17) is 12.2 Å². The molecule has 0 bridgehead atoms. The normalized spacial score (nSPS) is 9.12. The van der Waals surface area contributed by atoms with Crippen LogP contribution in [0.15, 0.2) is 16.7 Å². The van der Waals surface area contributed by atoms with Crippen molar-refractivity contribution in [1.29, 1.82) is 0 Å². The minimum Gasteiger partial charge on any atom is -0.267 e. The van der Waals surface area contributed by atoms with Crippen LogP contribution in [0, 0.1) is 4.64 Å². The molecule has 1 aromatic rings. The van der Waals surface area contributed by atoms with Crippen molar-refractivity contribution in [3.05, 3.63) is 21.4 Å². The molecule has 1 rings (SSSR count). The number of aromatic amines is 1. The lowest BCUT2D eigenvalue weighted by Gasteiger charge is -1.83. The van der Waals surface area contributed by atoms with Gasteiger partial charge in [0, 0.05) is 0 Å². The summed E-state index contributed by atoms with van der Waals surface area (Å²) in [5, 5.41) is 6.38. The number of halogens is 1. The lowest BCUT2D eigenvalue weighted by Crippen LogP contribution is -1.78. The van der Waals surface area contributed by atoms with Gasteiger partial charge in [-0.15, -0.1) is 0 Å². The second kappa shape index (κ2) is 2.37. The van der Waals surface area contributed by atoms with E-state index >= 15 is 0 Å². The highest BCUT2D eigenvalue weighted by molar-refractivity contribution is 9.10. The predicted octanol–water partition coefficient (Wildman–Crippen LogP) is 1.90. The van der Waals surface area contributed by atoms with Crippen LogP contribution in [0.2, 0.25) is 0 Å². The maximum absolute atomic E-state index is 4.73. The van der Waals surface area contributed by atoms with Gasteiger partial charge in [-0.25, -0.2) is 0 Å². The van der Waals surface area contributed by atoms with E-state index in [0.29, 0.717) is 4.64 Å². The summed E-state index contributed by atoms with van der Waals surface area (Å²) < 4.78 is 1.42. The van der Waals surface area contributed by atoms with E-state index in [-0.39, 0.29) is 0 Å². The Bertz CT molecular complexity index is 211. The summed E-state index contributed by atoms with van der Waals surface area (Å²) in [6, 6.07) is 3.56. The van der Waals surface area contributed by atoms with Crippen LogP contribution >= 0.6 is 28.1 Å². The van der Waals surface area contributed by atoms with Crippen molar-refractivity contribution >= 4 is 28.1 Å². The first-order valence-electron chi connectivity index (χ1n) is 2.00. The van der Waals surface area contributed by atoms with Crippen molar-refractivity contribution < 1.29 is 0 Å². The van der Waals surface area contributed by atoms with E-state index in [0.717, 1.165) is 4.60 Å². The fourth-order valence-electron chi connectivity index (χ4n) is 0.327. The molecule has 0 fully saturated rings. The number of aromatic nitrogens is 2. The first-order chi connectivity index (χ1) is 3.79. The van der Waals surface area contributed by atoms with Gasteiger partial charge in [0.25, 0.3) is 0 Å². The highest BCUT2D eigenvalue weighted by atomic mass is 79.9. The van der Waals surface area contributed by atoms with Crippen LogP contribution in [-0.2, 0) is 0 Å². The van der Waals surface area contributed by atoms with E-state index < -0.39 is 0 Å². The second-order valence-corrected chi connectivity index (χ2v) is 2.50. The molecule has 0 unspecified atom stereocenters. The number of nitrogens with one attached hydrogen (secondary N) is 1. The van der Waals surface area contributed by atoms with Crippen LogP contribution in [-0.4, -0.2) is 10.2 Å². The largest absolute Gasteiger partial charge is 0.267 e. The van der Waals surface area contributed by atoms with Crippen molar-refractivity contribution in [2.75, 3.05) is 0 Å². The van der Waals surface area contributed by atoms with Crippen molar-refractivity contribution in [1.82, 2.24) is 10.2 Å². The fraction of sp³-hybridized carbons (Fsp3) is 0. The predicted molar refractivity (Wildman–Crippen MR) is 37.1 cm³/mol. The summed E-state index contributed by atoms with van der Waals surface area (Å²) in [6.45, 7) is 0. The van der Waals surface area contributed by atoms with Gasteiger partial charge in [-0.05, 0) is 28.1 Å². The lowest BCUT2D eigenvalue weighted by atomic mass is 10.6. The lowest BCUT2D eigenvalue weighted by molar-refractivity contribution is 0.991. The van der Waals surface area contributed by atoms with Crippen LogP contribution in [0.25, 0.3) is 0 Å². The molecule has 0 radical (unpaired) electrons. The second-order valence-electron chi connectivity index (χ2n) is 1.24. The molecule has 4 heteroatoms. The Labute approximate surface area is 60.1 Å². The minimum absolute atomic E-state index is 0.646. The Morgan fingerprint density at radius 3 is 2.75 bits per heavy atom. The monoisotopic (exact) mass is 190 g/mol. The highest BCUT2D eigenvalue weighted by Crippen LogP contribution is 1.99. The summed E-state index contributed by atoms with van der Waals surface area (Å²) in [5.41, 5.74) is 0. The summed E-state index contributed by atoms with van der Waals surface area (Å²) >= 11 is 7.89. The Kier molecular flexibility index (Phi) is 1.75. The SMILES string of the molecule is S=c1ccc(Br)n[nH]1. The Morgan fingerprint density at radius 2 is 2.38 bits per heavy atom. The summed E-state index contributed by atoms with van der Waals surface area (Å²) in [7, 11) is 0. The summed E-state index contributed by atoms with van der Waals surface area (Å²) in [6.07, 6.45) is 0. The van der Waals surface area contributed by atoms with Gasteiger partial charge in [-0.3, -0.25) is 5.10 Å². The molecule has 2 nitrogen and oxygen atoms in total. The zero-order valence-electron chi connectivity index (χ0n) is 3.89. The van der Waals surface area contributed by atoms with Crippen LogP contribution in [0.5, 0.6) is 0 Å². The number of hydrogen-bond donors (Lipinski definition) is 1. The van der Waals surface area contributed by atoms with Crippen molar-refractivity contribution in [2.45, 2.75) is 0 Å². The number of rotatable bonds is 0. The molecule has 1 aromatic heterocycles. The minimum atomic E-state index is 0.646. The maximum Gasteiger partial charge on any atom is 0.126 e. The van der Waals surface area contributed by atoms with Crippen LogP contribution in [0.4, 0.5) is 0 Å². The van der Waals surface area contributed by atoms with Crippen molar-refractivity contribution in [3.63, 3.8) is 0 Å². The Balaban J connectivity index is 3.22. The van der Waals surface area contributed by atoms with E-state index in [1.54, 1.807) is 12.1 Å². The molecule has 0 aromatic carbocycles. The molecule has 0 amide bonds. The Morgan fingerprint density at radius 1 is 1.62 bits per heavy atom. The van der Waals surface area contributed by atoms with Crippen molar-refractivity contribution in [3.8, 4) is 0 Å². The fourth-order valence-corrected chi connectivity index (χ4v) is 0.662. The van der Waals surface area contributed by atoms with Gasteiger partial charge in [0.15, 0.2) is 0 Å². The molecule has 8 heavy (non-hydrogen) atoms. The van der Waals surface area contributed by atoms with Gasteiger partial charge in [0.1, 0.15) is 9.24 Å². The molecule has 42 valence electrons. The third kappa shape index (κ3) is 1.38. The number of hydrogen-bond acceptors (Lipinski definition) is 2. The quantitative estimate of drug-likeness (QED) is 0.634. The number of H-pyrrole nitrogens is 1. The van der Waals surface area contributed by atoms with Gasteiger partial charge >= 0.3 is 0 Å². The zero-order valence-corrected chi connectivity index (χ0v) is 6.29. The third-order valence-corrected chi connectivity index (χ3v) is 1.31. The van der Waals surface area contributed by atoms with Gasteiger partial charge in [0.2, 0.25) is 0 Å². The molecule has 1 heterocycles. The smallest absolute Gasteiger partial charge is 0.126 e. The average Bonchev–Trinajstić information content (AvgIpc) is 1.77. The molecular weight excluding hydrogens is 188 g/mol. The van der Waals surface area contributed by atoms with E-state index in [1.165, 1.54) is 0 Å². The van der Waals surface area contributed by atoms with E-state index in [1.807, 2.05) is 0 Å². The average molecular weight is 191 g/mol. The maximum atomic E-state index is 4.73. The molecular formula is C4H3BrN2S. The van der Waals surface area contributed by atoms with Gasteiger partial charge in [-0.1, -0.05) is 12.2 Å².